The van der Waals surface area contributed by atoms with Gasteiger partial charge in [-0.05, 0) is 173 Å². The van der Waals surface area contributed by atoms with E-state index >= 15 is 0 Å². The maximum Gasteiger partial charge on any atom is 0.0618 e. The number of rotatable bonds is 24. The Labute approximate surface area is 703 Å². The van der Waals surface area contributed by atoms with Crippen molar-refractivity contribution in [2.75, 3.05) is 29.4 Å². The first-order valence-corrected chi connectivity index (χ1v) is 40.9. The zero-order chi connectivity index (χ0) is 80.2. The lowest BCUT2D eigenvalue weighted by atomic mass is 9.93. The summed E-state index contributed by atoms with van der Waals surface area (Å²) in [6.45, 7) is 0. The van der Waals surface area contributed by atoms with Crippen molar-refractivity contribution in [3.05, 3.63) is 510 Å². The standard InChI is InChI=1S/C114H84N6/c1-14-44-85(45-15-1)106-72-41-73-107(86-46-16-2-17-47-86)112(106)118(96-66-36-12-37-67-96)103-82-102(83-104(84-103)119(97-68-38-13-39-69-97)113-108(87-48-18-3-19-49-87)74-42-75-109(113)88-50-20-4-21-51-88)117(95-64-34-11-35-65-95)98-70-40-71-99(78-98)120(114-110(89-52-22-5-23-53-89)76-43-77-111(114)90-54-24-6-25-55-90)105-80-100(115(91-56-26-7-27-57-91)92-58-28-8-29-59-92)79-101(81-105)116(93-60-30-9-31-61-93)94-62-32-10-33-63-94/h1-84H. The molecule has 6 nitrogen and oxygen atoms in total. The number of benzene rings is 19. The van der Waals surface area contributed by atoms with Gasteiger partial charge in [0.15, 0.2) is 0 Å². The highest BCUT2D eigenvalue weighted by molar-refractivity contribution is 6.04. The Morgan fingerprint density at radius 3 is 0.417 bits per heavy atom. The van der Waals surface area contributed by atoms with Gasteiger partial charge in [0, 0.05) is 84.6 Å². The molecule has 0 unspecified atom stereocenters. The first kappa shape index (κ1) is 74.1. The molecule has 0 atom stereocenters. The third-order valence-electron chi connectivity index (χ3n) is 22.1. The molecular formula is C114H84N6. The molecule has 0 fully saturated rings. The predicted octanol–water partition coefficient (Wildman–Crippen LogP) is 32.5. The summed E-state index contributed by atoms with van der Waals surface area (Å²) in [7, 11) is 0. The predicted molar refractivity (Wildman–Crippen MR) is 507 cm³/mol. The van der Waals surface area contributed by atoms with Crippen molar-refractivity contribution in [1.82, 2.24) is 0 Å². The van der Waals surface area contributed by atoms with Gasteiger partial charge in [-0.1, -0.05) is 370 Å². The first-order valence-electron chi connectivity index (χ1n) is 40.9. The second-order valence-corrected chi connectivity index (χ2v) is 29.6. The van der Waals surface area contributed by atoms with Crippen LogP contribution in [-0.4, -0.2) is 0 Å². The Bertz CT molecular complexity index is 6080. The molecule has 0 aliphatic heterocycles. The largest absolute Gasteiger partial charge is 0.310 e. The molecule has 0 N–H and O–H groups in total. The second kappa shape index (κ2) is 34.6. The number of hydrogen-bond acceptors (Lipinski definition) is 6. The SMILES string of the molecule is c1ccc(-c2cccc(-c3ccccc3)c2N(c2cccc(N(c3ccccc3)c3cc(N(c4ccccc4)c4c(-c5ccccc5)cccc4-c4ccccc4)cc(N(c4ccccc4)c4c(-c5ccccc5)cccc4-c4ccccc4)c3)c2)c2cc(N(c3ccccc3)c3ccccc3)cc(N(c3ccccc3)c3ccccc3)c2)cc1. The van der Waals surface area contributed by atoms with Gasteiger partial charge in [0.2, 0.25) is 0 Å². The van der Waals surface area contributed by atoms with Crippen LogP contribution >= 0.6 is 0 Å². The van der Waals surface area contributed by atoms with E-state index in [9.17, 15) is 0 Å². The monoisotopic (exact) mass is 1540 g/mol. The van der Waals surface area contributed by atoms with Crippen molar-refractivity contribution in [3.8, 4) is 66.8 Å². The molecule has 570 valence electrons. The topological polar surface area (TPSA) is 19.4 Å². The summed E-state index contributed by atoms with van der Waals surface area (Å²) in [5.74, 6) is 0. The summed E-state index contributed by atoms with van der Waals surface area (Å²) >= 11 is 0. The minimum Gasteiger partial charge on any atom is -0.310 e. The Morgan fingerprint density at radius 1 is 0.0917 bits per heavy atom. The van der Waals surface area contributed by atoms with E-state index < -0.39 is 0 Å². The fourth-order valence-electron chi connectivity index (χ4n) is 16.8. The summed E-state index contributed by atoms with van der Waals surface area (Å²) in [5, 5.41) is 0. The van der Waals surface area contributed by atoms with Gasteiger partial charge in [0.25, 0.3) is 0 Å². The zero-order valence-electron chi connectivity index (χ0n) is 66.2. The quantitative estimate of drug-likeness (QED) is 0.0596. The number of para-hydroxylation sites is 10. The highest BCUT2D eigenvalue weighted by Crippen LogP contribution is 2.56. The van der Waals surface area contributed by atoms with Crippen LogP contribution in [-0.2, 0) is 0 Å². The van der Waals surface area contributed by atoms with Crippen LogP contribution in [0.3, 0.4) is 0 Å². The van der Waals surface area contributed by atoms with E-state index in [1.54, 1.807) is 0 Å². The Balaban J connectivity index is 0.934. The molecule has 0 heterocycles. The molecule has 0 aliphatic rings. The van der Waals surface area contributed by atoms with E-state index in [1.807, 2.05) is 0 Å². The van der Waals surface area contributed by atoms with Gasteiger partial charge in [-0.25, -0.2) is 0 Å². The van der Waals surface area contributed by atoms with Crippen molar-refractivity contribution >= 4 is 102 Å². The lowest BCUT2D eigenvalue weighted by Crippen LogP contribution is -2.19. The maximum absolute atomic E-state index is 2.53. The molecule has 19 aromatic rings. The number of nitrogens with zero attached hydrogens (tertiary/aromatic N) is 6. The summed E-state index contributed by atoms with van der Waals surface area (Å²) in [6.07, 6.45) is 0. The summed E-state index contributed by atoms with van der Waals surface area (Å²) in [4.78, 5) is 14.8. The lowest BCUT2D eigenvalue weighted by molar-refractivity contribution is 1.21. The van der Waals surface area contributed by atoms with Gasteiger partial charge in [-0.2, -0.15) is 0 Å². The van der Waals surface area contributed by atoms with Crippen molar-refractivity contribution in [3.63, 3.8) is 0 Å². The first-order chi connectivity index (χ1) is 59.6. The Kier molecular flexibility index (Phi) is 21.4. The molecule has 19 aromatic carbocycles. The average molecular weight is 1540 g/mol. The van der Waals surface area contributed by atoms with Crippen LogP contribution < -0.4 is 29.4 Å². The lowest BCUT2D eigenvalue weighted by Gasteiger charge is -2.36. The van der Waals surface area contributed by atoms with E-state index in [2.05, 4.69) is 539 Å². The van der Waals surface area contributed by atoms with Crippen LogP contribution in [0, 0.1) is 0 Å². The third kappa shape index (κ3) is 15.4. The van der Waals surface area contributed by atoms with Crippen molar-refractivity contribution in [2.45, 2.75) is 0 Å². The highest BCUT2D eigenvalue weighted by Gasteiger charge is 2.31. The number of hydrogen-bond donors (Lipinski definition) is 0. The van der Waals surface area contributed by atoms with E-state index in [1.165, 1.54) is 0 Å². The van der Waals surface area contributed by atoms with Crippen molar-refractivity contribution in [2.24, 2.45) is 0 Å². The van der Waals surface area contributed by atoms with Gasteiger partial charge in [-0.15, -0.1) is 0 Å². The van der Waals surface area contributed by atoms with Crippen LogP contribution in [0.25, 0.3) is 66.8 Å². The molecule has 0 radical (unpaired) electrons. The van der Waals surface area contributed by atoms with Gasteiger partial charge in [-0.3, -0.25) is 0 Å². The normalized spacial score (nSPS) is 11.0. The molecular weight excluding hydrogens is 1450 g/mol. The molecule has 0 spiro atoms. The molecule has 120 heavy (non-hydrogen) atoms. The Hall–Kier alpha value is -16.0. The van der Waals surface area contributed by atoms with E-state index in [4.69, 9.17) is 0 Å². The summed E-state index contributed by atoms with van der Waals surface area (Å²) in [6, 6.07) is 185. The van der Waals surface area contributed by atoms with Crippen LogP contribution in [0.1, 0.15) is 0 Å². The third-order valence-corrected chi connectivity index (χ3v) is 22.1. The molecule has 6 heteroatoms. The van der Waals surface area contributed by atoms with Crippen LogP contribution in [0.4, 0.5) is 102 Å². The second-order valence-electron chi connectivity index (χ2n) is 29.6. The molecule has 0 aromatic heterocycles. The van der Waals surface area contributed by atoms with Gasteiger partial charge < -0.3 is 29.4 Å². The van der Waals surface area contributed by atoms with Crippen LogP contribution in [0.2, 0.25) is 0 Å². The smallest absolute Gasteiger partial charge is 0.0618 e. The summed E-state index contributed by atoms with van der Waals surface area (Å²) < 4.78 is 0. The van der Waals surface area contributed by atoms with Crippen molar-refractivity contribution in [1.29, 1.82) is 0 Å². The van der Waals surface area contributed by atoms with Gasteiger partial charge in [0.1, 0.15) is 0 Å². The molecule has 19 rings (SSSR count). The molecule has 0 saturated heterocycles. The van der Waals surface area contributed by atoms with Gasteiger partial charge in [0.05, 0.1) is 51.2 Å². The zero-order valence-corrected chi connectivity index (χ0v) is 66.2. The van der Waals surface area contributed by atoms with Gasteiger partial charge >= 0.3 is 0 Å². The molecule has 0 amide bonds. The summed E-state index contributed by atoms with van der Waals surface area (Å²) in [5.41, 5.74) is 30.3. The Morgan fingerprint density at radius 2 is 0.217 bits per heavy atom. The fraction of sp³-hybridized carbons (Fsp3) is 0. The van der Waals surface area contributed by atoms with E-state index in [0.29, 0.717) is 0 Å². The van der Waals surface area contributed by atoms with E-state index in [0.717, 1.165) is 169 Å². The number of anilines is 18. The van der Waals surface area contributed by atoms with Crippen LogP contribution in [0.5, 0.6) is 0 Å². The van der Waals surface area contributed by atoms with Crippen LogP contribution in [0.15, 0.2) is 510 Å². The molecule has 0 saturated carbocycles. The van der Waals surface area contributed by atoms with Crippen molar-refractivity contribution < 1.29 is 0 Å². The minimum atomic E-state index is 0.901. The minimum absolute atomic E-state index is 0.901. The highest BCUT2D eigenvalue weighted by atomic mass is 15.2. The van der Waals surface area contributed by atoms with E-state index in [-0.39, 0.29) is 0 Å². The average Bonchev–Trinajstić information content (AvgIpc) is 0.786. The maximum atomic E-state index is 2.53. The fourth-order valence-corrected chi connectivity index (χ4v) is 16.8. The molecule has 0 bridgehead atoms. The molecule has 0 aliphatic carbocycles.